The Labute approximate surface area is 128 Å². The van der Waals surface area contributed by atoms with Gasteiger partial charge >= 0.3 is 0 Å². The molecule has 1 amide bonds. The van der Waals surface area contributed by atoms with E-state index in [9.17, 15) is 4.79 Å². The third kappa shape index (κ3) is 4.15. The second kappa shape index (κ2) is 7.55. The third-order valence-electron chi connectivity index (χ3n) is 2.80. The van der Waals surface area contributed by atoms with Crippen molar-refractivity contribution in [3.63, 3.8) is 0 Å². The van der Waals surface area contributed by atoms with Crippen LogP contribution in [0.2, 0.25) is 0 Å². The van der Waals surface area contributed by atoms with Crippen LogP contribution in [0.5, 0.6) is 5.75 Å². The van der Waals surface area contributed by atoms with Crippen LogP contribution in [0.1, 0.15) is 23.0 Å². The van der Waals surface area contributed by atoms with Gasteiger partial charge in [-0.05, 0) is 48.9 Å². The molecule has 0 spiro atoms. The van der Waals surface area contributed by atoms with E-state index in [0.717, 1.165) is 5.56 Å². The monoisotopic (exact) mass is 294 g/mol. The highest BCUT2D eigenvalue weighted by Gasteiger charge is 2.05. The van der Waals surface area contributed by atoms with Crippen LogP contribution in [0.15, 0.2) is 53.8 Å². The molecule has 22 heavy (non-hydrogen) atoms. The Balaban J connectivity index is 2.00. The first-order valence-electron chi connectivity index (χ1n) is 6.56. The fourth-order valence-electron chi connectivity index (χ4n) is 1.66. The Morgan fingerprint density at radius 3 is 2.73 bits per heavy atom. The van der Waals surface area contributed by atoms with E-state index in [1.165, 1.54) is 0 Å². The van der Waals surface area contributed by atoms with Crippen LogP contribution in [0.3, 0.4) is 0 Å². The lowest BCUT2D eigenvalue weighted by Crippen LogP contribution is -2.20. The average molecular weight is 294 g/mol. The predicted octanol–water partition coefficient (Wildman–Crippen LogP) is 2.14. The van der Waals surface area contributed by atoms with Crippen molar-refractivity contribution in [1.29, 1.82) is 5.26 Å². The molecular weight excluding hydrogens is 280 g/mol. The molecule has 2 rings (SSSR count). The van der Waals surface area contributed by atoms with Gasteiger partial charge in [0.1, 0.15) is 17.5 Å². The summed E-state index contributed by atoms with van der Waals surface area (Å²) in [7, 11) is 0. The van der Waals surface area contributed by atoms with Gasteiger partial charge in [0.25, 0.3) is 5.91 Å². The molecule has 0 aliphatic heterocycles. The quantitative estimate of drug-likeness (QED) is 0.676. The highest BCUT2D eigenvalue weighted by atomic mass is 16.5. The minimum absolute atomic E-state index is 0.00650. The number of hydrogen-bond acceptors (Lipinski definition) is 5. The van der Waals surface area contributed by atoms with Crippen molar-refractivity contribution in [3.05, 3.63) is 59.9 Å². The number of hydrogen-bond donors (Lipinski definition) is 1. The van der Waals surface area contributed by atoms with Gasteiger partial charge in [-0.2, -0.15) is 10.4 Å². The lowest BCUT2D eigenvalue weighted by Gasteiger charge is -2.05. The second-order valence-corrected chi connectivity index (χ2v) is 4.32. The highest BCUT2D eigenvalue weighted by Crippen LogP contribution is 2.12. The van der Waals surface area contributed by atoms with Crippen LogP contribution in [0.25, 0.3) is 0 Å². The molecule has 110 valence electrons. The molecule has 6 nitrogen and oxygen atoms in total. The number of hydrazone groups is 1. The van der Waals surface area contributed by atoms with Gasteiger partial charge in [0.2, 0.25) is 0 Å². The fourth-order valence-corrected chi connectivity index (χ4v) is 1.66. The Morgan fingerprint density at radius 1 is 1.32 bits per heavy atom. The Bertz CT molecular complexity index is 703. The maximum absolute atomic E-state index is 11.8. The second-order valence-electron chi connectivity index (χ2n) is 4.32. The molecule has 0 unspecified atom stereocenters. The maximum atomic E-state index is 11.8. The summed E-state index contributed by atoms with van der Waals surface area (Å²) in [6.45, 7) is 1.79. The minimum Gasteiger partial charge on any atom is -0.479 e. The van der Waals surface area contributed by atoms with Crippen molar-refractivity contribution >= 4 is 11.6 Å². The van der Waals surface area contributed by atoms with E-state index in [2.05, 4.69) is 15.5 Å². The van der Waals surface area contributed by atoms with Crippen LogP contribution >= 0.6 is 0 Å². The smallest absolute Gasteiger partial charge is 0.289 e. The topological polar surface area (TPSA) is 87.4 Å². The van der Waals surface area contributed by atoms with Gasteiger partial charge in [-0.15, -0.1) is 0 Å². The Hall–Kier alpha value is -3.20. The molecule has 2 aromatic rings. The summed E-state index contributed by atoms with van der Waals surface area (Å²) in [6, 6.07) is 14.1. The molecule has 0 saturated heterocycles. The van der Waals surface area contributed by atoms with E-state index < -0.39 is 0 Å². The first-order chi connectivity index (χ1) is 10.7. The van der Waals surface area contributed by atoms with Crippen LogP contribution in [-0.2, 0) is 0 Å². The normalized spacial score (nSPS) is 10.6. The molecule has 6 heteroatoms. The molecule has 0 saturated carbocycles. The number of carbonyl (C=O) groups excluding carboxylic acids is 1. The first-order valence-corrected chi connectivity index (χ1v) is 6.56. The summed E-state index contributed by atoms with van der Waals surface area (Å²) >= 11 is 0. The standard InChI is InChI=1S/C16H14N4O2/c1-12(13-5-7-14(8-6-13)22-11-9-17)19-20-16(21)15-4-2-3-10-18-15/h2-8,10H,11H2,1H3,(H,20,21)/b19-12-. The lowest BCUT2D eigenvalue weighted by atomic mass is 10.1. The summed E-state index contributed by atoms with van der Waals surface area (Å²) in [5, 5.41) is 12.5. The number of nitriles is 1. The summed E-state index contributed by atoms with van der Waals surface area (Å²) in [4.78, 5) is 15.8. The molecule has 1 aromatic heterocycles. The first kappa shape index (κ1) is 15.2. The number of nitrogens with one attached hydrogen (secondary N) is 1. The van der Waals surface area contributed by atoms with Crippen molar-refractivity contribution < 1.29 is 9.53 Å². The number of benzene rings is 1. The molecule has 0 fully saturated rings. The molecule has 0 bridgehead atoms. The van der Waals surface area contributed by atoms with Gasteiger partial charge < -0.3 is 4.74 Å². The van der Waals surface area contributed by atoms with E-state index in [1.807, 2.05) is 6.07 Å². The lowest BCUT2D eigenvalue weighted by molar-refractivity contribution is 0.0950. The third-order valence-corrected chi connectivity index (χ3v) is 2.80. The fraction of sp³-hybridized carbons (Fsp3) is 0.125. The molecule has 0 aliphatic rings. The molecule has 0 atom stereocenters. The Morgan fingerprint density at radius 2 is 2.09 bits per heavy atom. The number of amides is 1. The SMILES string of the molecule is C/C(=N/NC(=O)c1ccccn1)c1ccc(OCC#N)cc1. The molecule has 0 radical (unpaired) electrons. The van der Waals surface area contributed by atoms with E-state index in [0.29, 0.717) is 17.2 Å². The van der Waals surface area contributed by atoms with E-state index in [1.54, 1.807) is 55.6 Å². The minimum atomic E-state index is -0.367. The van der Waals surface area contributed by atoms with Crippen LogP contribution in [0, 0.1) is 11.3 Å². The van der Waals surface area contributed by atoms with Gasteiger partial charge in [0, 0.05) is 6.20 Å². The molecular formula is C16H14N4O2. The van der Waals surface area contributed by atoms with Crippen molar-refractivity contribution in [2.24, 2.45) is 5.10 Å². The Kier molecular flexibility index (Phi) is 5.21. The van der Waals surface area contributed by atoms with E-state index >= 15 is 0 Å². The van der Waals surface area contributed by atoms with Crippen LogP contribution in [0.4, 0.5) is 0 Å². The average Bonchev–Trinajstić information content (AvgIpc) is 2.58. The molecule has 0 aliphatic carbocycles. The summed E-state index contributed by atoms with van der Waals surface area (Å²) in [5.41, 5.74) is 4.25. The predicted molar refractivity (Wildman–Crippen MR) is 81.5 cm³/mol. The highest BCUT2D eigenvalue weighted by molar-refractivity contribution is 6.00. The van der Waals surface area contributed by atoms with Gasteiger partial charge in [-0.1, -0.05) is 6.07 Å². The molecule has 1 aromatic carbocycles. The zero-order valence-corrected chi connectivity index (χ0v) is 12.0. The number of aromatic nitrogens is 1. The van der Waals surface area contributed by atoms with Crippen molar-refractivity contribution in [1.82, 2.24) is 10.4 Å². The van der Waals surface area contributed by atoms with Crippen LogP contribution < -0.4 is 10.2 Å². The summed E-state index contributed by atoms with van der Waals surface area (Å²) in [5.74, 6) is 0.240. The zero-order valence-electron chi connectivity index (χ0n) is 12.0. The van der Waals surface area contributed by atoms with Crippen molar-refractivity contribution in [2.45, 2.75) is 6.92 Å². The van der Waals surface area contributed by atoms with E-state index in [4.69, 9.17) is 10.00 Å². The van der Waals surface area contributed by atoms with Gasteiger partial charge in [0.05, 0.1) is 5.71 Å². The number of pyridine rings is 1. The van der Waals surface area contributed by atoms with Gasteiger partial charge in [-0.25, -0.2) is 5.43 Å². The van der Waals surface area contributed by atoms with Gasteiger partial charge in [-0.3, -0.25) is 9.78 Å². The van der Waals surface area contributed by atoms with Gasteiger partial charge in [0.15, 0.2) is 6.61 Å². The van der Waals surface area contributed by atoms with Crippen LogP contribution in [-0.4, -0.2) is 23.2 Å². The molecule has 1 heterocycles. The number of rotatable bonds is 5. The number of ether oxygens (including phenoxy) is 1. The zero-order chi connectivity index (χ0) is 15.8. The largest absolute Gasteiger partial charge is 0.479 e. The number of carbonyl (C=O) groups is 1. The summed E-state index contributed by atoms with van der Waals surface area (Å²) in [6.07, 6.45) is 1.55. The van der Waals surface area contributed by atoms with Crippen molar-refractivity contribution in [2.75, 3.05) is 6.61 Å². The summed E-state index contributed by atoms with van der Waals surface area (Å²) < 4.78 is 5.17. The maximum Gasteiger partial charge on any atom is 0.289 e. The van der Waals surface area contributed by atoms with Crippen molar-refractivity contribution in [3.8, 4) is 11.8 Å². The molecule has 1 N–H and O–H groups in total. The number of nitrogens with zero attached hydrogens (tertiary/aromatic N) is 3. The van der Waals surface area contributed by atoms with E-state index in [-0.39, 0.29) is 12.5 Å².